The van der Waals surface area contributed by atoms with Crippen LogP contribution in [0.2, 0.25) is 0 Å². The monoisotopic (exact) mass is 142 g/mol. The molecule has 0 unspecified atom stereocenters. The maximum absolute atomic E-state index is 4.70. The topological polar surface area (TPSA) is 0 Å². The molecule has 0 aromatic heterocycles. The molecule has 30 valence electrons. The summed E-state index contributed by atoms with van der Waals surface area (Å²) in [5.74, 6) is 0. The van der Waals surface area contributed by atoms with E-state index >= 15 is 0 Å². The van der Waals surface area contributed by atoms with Crippen molar-refractivity contribution in [3.05, 3.63) is 0 Å². The van der Waals surface area contributed by atoms with Gasteiger partial charge >= 0.3 is 33.0 Å². The number of hydrogen-bond acceptors (Lipinski definition) is 0. The molecule has 0 bridgehead atoms. The molecule has 0 aliphatic carbocycles. The number of rotatable bonds is 0. The van der Waals surface area contributed by atoms with Crippen molar-refractivity contribution in [2.75, 3.05) is 0 Å². The first-order chi connectivity index (χ1) is 1.41. The maximum atomic E-state index is 4.70. The standard InChI is InChI=1S/BH3.2ClH.Ni/h1H3;2*1H;/q;;;+2/p-2. The molecule has 0 heterocycles. The second kappa shape index (κ2) is 8.91. The van der Waals surface area contributed by atoms with Crippen molar-refractivity contribution >= 4 is 28.8 Å². The van der Waals surface area contributed by atoms with Crippen LogP contribution >= 0.6 is 20.4 Å². The van der Waals surface area contributed by atoms with Gasteiger partial charge in [0, 0.05) is 0 Å². The average molecular weight is 143 g/mol. The van der Waals surface area contributed by atoms with E-state index in [9.17, 15) is 0 Å². The van der Waals surface area contributed by atoms with Crippen LogP contribution in [0.25, 0.3) is 0 Å². The third-order valence-corrected chi connectivity index (χ3v) is 0. The van der Waals surface area contributed by atoms with Gasteiger partial charge in [-0.2, -0.15) is 0 Å². The Labute approximate surface area is 41.8 Å². The van der Waals surface area contributed by atoms with Crippen molar-refractivity contribution in [3.63, 3.8) is 0 Å². The Bertz CT molecular complexity index is 6.00. The molecule has 0 spiro atoms. The molecule has 0 N–H and O–H groups in total. The van der Waals surface area contributed by atoms with E-state index in [1.165, 1.54) is 0 Å². The van der Waals surface area contributed by atoms with Gasteiger partial charge in [0.2, 0.25) is 0 Å². The number of halogens is 2. The first-order valence-corrected chi connectivity index (χ1v) is 2.96. The molecule has 4 heavy (non-hydrogen) atoms. The third kappa shape index (κ3) is 11.1. The van der Waals surface area contributed by atoms with Crippen molar-refractivity contribution in [1.82, 2.24) is 0 Å². The van der Waals surface area contributed by atoms with Gasteiger partial charge in [-0.15, -0.1) is 0 Å². The summed E-state index contributed by atoms with van der Waals surface area (Å²) in [5, 5.41) is 0. The van der Waals surface area contributed by atoms with E-state index in [0.29, 0.717) is 12.7 Å². The predicted molar refractivity (Wildman–Crippen MR) is 21.6 cm³/mol. The molecule has 0 saturated carbocycles. The molecule has 0 radical (unpaired) electrons. The van der Waals surface area contributed by atoms with Gasteiger partial charge in [0.1, 0.15) is 0 Å². The Kier molecular flexibility index (Phi) is 19.9. The molecule has 0 saturated heterocycles. The van der Waals surface area contributed by atoms with Crippen molar-refractivity contribution in [3.8, 4) is 0 Å². The quantitative estimate of drug-likeness (QED) is 0.425. The molecule has 4 heteroatoms. The van der Waals surface area contributed by atoms with Gasteiger partial charge < -0.3 is 0 Å². The molecule has 0 aliphatic rings. The summed E-state index contributed by atoms with van der Waals surface area (Å²) < 4.78 is 0. The molecule has 0 fully saturated rings. The van der Waals surface area contributed by atoms with Gasteiger partial charge in [0.15, 0.2) is 0 Å². The van der Waals surface area contributed by atoms with E-state index in [2.05, 4.69) is 0 Å². The molecule has 0 nitrogen and oxygen atoms in total. The molecule has 0 amide bonds. The second-order valence-electron chi connectivity index (χ2n) is 0.0452. The Morgan fingerprint density at radius 3 is 1.25 bits per heavy atom. The van der Waals surface area contributed by atoms with Crippen LogP contribution in [0.5, 0.6) is 0 Å². The molecule has 0 aromatic rings. The van der Waals surface area contributed by atoms with Crippen LogP contribution in [0.1, 0.15) is 0 Å². The van der Waals surface area contributed by atoms with Crippen molar-refractivity contribution in [1.29, 1.82) is 0 Å². The minimum absolute atomic E-state index is 0. The molecule has 0 aromatic carbocycles. The second-order valence-corrected chi connectivity index (χ2v) is 1.68. The van der Waals surface area contributed by atoms with Gasteiger partial charge in [-0.1, -0.05) is 0 Å². The molecule has 0 rings (SSSR count). The first-order valence-electron chi connectivity index (χ1n) is 0.239. The molecular weight excluding hydrogens is 140 g/mol. The van der Waals surface area contributed by atoms with Crippen molar-refractivity contribution in [2.45, 2.75) is 0 Å². The third-order valence-electron chi connectivity index (χ3n) is 0. The fourth-order valence-corrected chi connectivity index (χ4v) is 0. The van der Waals surface area contributed by atoms with E-state index in [0.717, 1.165) is 0 Å². The van der Waals surface area contributed by atoms with Gasteiger partial charge in [-0.3, -0.25) is 0 Å². The summed E-state index contributed by atoms with van der Waals surface area (Å²) >= 11 is 0.569. The summed E-state index contributed by atoms with van der Waals surface area (Å²) in [6, 6.07) is 0. The van der Waals surface area contributed by atoms with Crippen LogP contribution in [0.3, 0.4) is 0 Å². The van der Waals surface area contributed by atoms with E-state index in [1.807, 2.05) is 0 Å². The Hall–Kier alpha value is 1.14. The Balaban J connectivity index is 0. The van der Waals surface area contributed by atoms with E-state index < -0.39 is 0 Å². The summed E-state index contributed by atoms with van der Waals surface area (Å²) in [6.07, 6.45) is 0. The first kappa shape index (κ1) is 8.93. The average Bonchev–Trinajstić information content (AvgIpc) is 0.918. The zero-order valence-electron chi connectivity index (χ0n) is 1.07. The van der Waals surface area contributed by atoms with E-state index in [-0.39, 0.29) is 8.41 Å². The van der Waals surface area contributed by atoms with Crippen LogP contribution in [0.15, 0.2) is 0 Å². The van der Waals surface area contributed by atoms with Gasteiger partial charge in [-0.05, 0) is 0 Å². The Morgan fingerprint density at radius 1 is 1.25 bits per heavy atom. The number of hydrogen-bond donors (Lipinski definition) is 0. The zero-order chi connectivity index (χ0) is 2.71. The SMILES string of the molecule is B.[Cl][Ni][Cl]. The van der Waals surface area contributed by atoms with E-state index in [1.54, 1.807) is 0 Å². The van der Waals surface area contributed by atoms with Crippen LogP contribution in [0, 0.1) is 0 Å². The molecular formula is H3BCl2Ni. The summed E-state index contributed by atoms with van der Waals surface area (Å²) in [7, 11) is 9.40. The predicted octanol–water partition coefficient (Wildman–Crippen LogP) is 0.193. The van der Waals surface area contributed by atoms with Gasteiger partial charge in [-0.25, -0.2) is 0 Å². The fraction of sp³-hybridized carbons (Fsp3) is 0. The van der Waals surface area contributed by atoms with Crippen LogP contribution < -0.4 is 0 Å². The summed E-state index contributed by atoms with van der Waals surface area (Å²) in [4.78, 5) is 0. The Morgan fingerprint density at radius 2 is 1.25 bits per heavy atom. The summed E-state index contributed by atoms with van der Waals surface area (Å²) in [6.45, 7) is 0. The van der Waals surface area contributed by atoms with Gasteiger partial charge in [0.05, 0.1) is 8.41 Å². The normalized spacial score (nSPS) is 5.50. The van der Waals surface area contributed by atoms with E-state index in [4.69, 9.17) is 20.4 Å². The molecule has 0 atom stereocenters. The minimum atomic E-state index is 0. The zero-order valence-corrected chi connectivity index (χ0v) is 3.57. The van der Waals surface area contributed by atoms with Gasteiger partial charge in [0.25, 0.3) is 0 Å². The fourth-order valence-electron chi connectivity index (χ4n) is 0. The van der Waals surface area contributed by atoms with Crippen LogP contribution in [-0.2, 0) is 12.7 Å². The van der Waals surface area contributed by atoms with Crippen molar-refractivity contribution < 1.29 is 12.7 Å². The summed E-state index contributed by atoms with van der Waals surface area (Å²) in [5.41, 5.74) is 0. The molecule has 0 aliphatic heterocycles. The van der Waals surface area contributed by atoms with Crippen LogP contribution in [-0.4, -0.2) is 8.41 Å². The van der Waals surface area contributed by atoms with Crippen LogP contribution in [0.4, 0.5) is 0 Å². The van der Waals surface area contributed by atoms with Crippen molar-refractivity contribution in [2.24, 2.45) is 0 Å².